The van der Waals surface area contributed by atoms with Gasteiger partial charge >= 0.3 is 6.09 Å². The Kier molecular flexibility index (Phi) is 5.79. The molecule has 1 aliphatic carbocycles. The van der Waals surface area contributed by atoms with E-state index < -0.39 is 27.3 Å². The predicted octanol–water partition coefficient (Wildman–Crippen LogP) is 2.55. The molecule has 0 spiro atoms. The zero-order valence-corrected chi connectivity index (χ0v) is 21.2. The Morgan fingerprint density at radius 1 is 1.17 bits per heavy atom. The van der Waals surface area contributed by atoms with E-state index in [1.807, 2.05) is 0 Å². The molecule has 2 fully saturated rings. The number of fused-ring (bicyclic) bond motifs is 2. The molecule has 11 heteroatoms. The molecule has 2 amide bonds. The van der Waals surface area contributed by atoms with E-state index >= 15 is 0 Å². The summed E-state index contributed by atoms with van der Waals surface area (Å²) in [7, 11) is -3.71. The molecule has 2 aliphatic rings. The molecule has 1 aromatic carbocycles. The van der Waals surface area contributed by atoms with Crippen LogP contribution < -0.4 is 10.6 Å². The zero-order chi connectivity index (χ0) is 25.7. The van der Waals surface area contributed by atoms with Crippen LogP contribution in [-0.2, 0) is 21.3 Å². The fraction of sp³-hybridized carbons (Fsp3) is 0.400. The summed E-state index contributed by atoms with van der Waals surface area (Å²) in [5.74, 6) is -0.155. The Balaban J connectivity index is 1.19. The number of nitrogens with one attached hydrogen (secondary N) is 2. The van der Waals surface area contributed by atoms with Crippen LogP contribution in [0.15, 0.2) is 59.9 Å². The second kappa shape index (κ2) is 8.59. The van der Waals surface area contributed by atoms with Gasteiger partial charge in [-0.15, -0.1) is 0 Å². The van der Waals surface area contributed by atoms with Crippen molar-refractivity contribution < 1.29 is 22.7 Å². The van der Waals surface area contributed by atoms with Gasteiger partial charge < -0.3 is 19.8 Å². The van der Waals surface area contributed by atoms with Crippen molar-refractivity contribution in [3.63, 3.8) is 0 Å². The van der Waals surface area contributed by atoms with E-state index in [4.69, 9.17) is 4.74 Å². The summed E-state index contributed by atoms with van der Waals surface area (Å²) in [6.45, 7) is 6.20. The van der Waals surface area contributed by atoms with Crippen LogP contribution in [0.5, 0.6) is 0 Å². The summed E-state index contributed by atoms with van der Waals surface area (Å²) in [5.41, 5.74) is 0.855. The number of alkyl carbamates (subject to hydrolysis) is 1. The Morgan fingerprint density at radius 3 is 2.64 bits per heavy atom. The number of nitrogens with zero attached hydrogens (tertiary/aromatic N) is 3. The predicted molar refractivity (Wildman–Crippen MR) is 132 cm³/mol. The number of imidazole rings is 1. The van der Waals surface area contributed by atoms with Crippen molar-refractivity contribution in [1.29, 1.82) is 0 Å². The number of pyridine rings is 1. The molecule has 0 radical (unpaired) electrons. The van der Waals surface area contributed by atoms with Crippen LogP contribution in [0.3, 0.4) is 0 Å². The van der Waals surface area contributed by atoms with Crippen LogP contribution in [0.25, 0.3) is 5.65 Å². The maximum atomic E-state index is 13.2. The molecule has 2 atom stereocenters. The number of hydrogen-bond acceptors (Lipinski definition) is 6. The van der Waals surface area contributed by atoms with Crippen LogP contribution in [0.2, 0.25) is 0 Å². The number of hydrogen-bond donors (Lipinski definition) is 2. The summed E-state index contributed by atoms with van der Waals surface area (Å²) in [6, 6.07) is 9.95. The number of ether oxygens (including phenoxy) is 1. The number of carbonyl (C=O) groups excluding carboxylic acids is 2. The lowest BCUT2D eigenvalue weighted by atomic mass is 10.2. The first-order valence-electron chi connectivity index (χ1n) is 11.8. The topological polar surface area (TPSA) is 122 Å². The van der Waals surface area contributed by atoms with Crippen molar-refractivity contribution in [2.24, 2.45) is 5.92 Å². The van der Waals surface area contributed by atoms with Gasteiger partial charge in [0.25, 0.3) is 5.91 Å². The van der Waals surface area contributed by atoms with E-state index in [9.17, 15) is 18.0 Å². The van der Waals surface area contributed by atoms with Gasteiger partial charge in [0, 0.05) is 38.2 Å². The largest absolute Gasteiger partial charge is 0.444 e. The van der Waals surface area contributed by atoms with Gasteiger partial charge in [-0.1, -0.05) is 12.1 Å². The molecule has 190 valence electrons. The molecule has 10 nitrogen and oxygen atoms in total. The molecule has 2 aromatic heterocycles. The normalized spacial score (nSPS) is 21.7. The maximum Gasteiger partial charge on any atom is 0.408 e. The Labute approximate surface area is 209 Å². The molecular weight excluding hydrogens is 482 g/mol. The molecular formula is C25H29N5O5S. The van der Waals surface area contributed by atoms with Crippen LogP contribution in [0.1, 0.15) is 43.1 Å². The van der Waals surface area contributed by atoms with Crippen molar-refractivity contribution in [3.05, 3.63) is 66.1 Å². The molecule has 36 heavy (non-hydrogen) atoms. The summed E-state index contributed by atoms with van der Waals surface area (Å²) in [6.07, 6.45) is 5.35. The fourth-order valence-electron chi connectivity index (χ4n) is 4.59. The monoisotopic (exact) mass is 511 g/mol. The molecule has 0 unspecified atom stereocenters. The first-order valence-corrected chi connectivity index (χ1v) is 13.2. The van der Waals surface area contributed by atoms with Crippen LogP contribution in [0, 0.1) is 5.92 Å². The highest BCUT2D eigenvalue weighted by Crippen LogP contribution is 2.50. The van der Waals surface area contributed by atoms with E-state index in [1.165, 1.54) is 4.31 Å². The van der Waals surface area contributed by atoms with E-state index in [0.717, 1.165) is 17.6 Å². The number of sulfonamides is 1. The van der Waals surface area contributed by atoms with E-state index in [0.29, 0.717) is 12.1 Å². The van der Waals surface area contributed by atoms with Gasteiger partial charge in [-0.25, -0.2) is 18.2 Å². The average molecular weight is 512 g/mol. The summed E-state index contributed by atoms with van der Waals surface area (Å²) < 4.78 is 34.9. The Bertz CT molecular complexity index is 1430. The van der Waals surface area contributed by atoms with Crippen LogP contribution in [0.4, 0.5) is 4.79 Å². The second-order valence-corrected chi connectivity index (χ2v) is 12.4. The number of amides is 2. The molecule has 1 saturated heterocycles. The highest BCUT2D eigenvalue weighted by molar-refractivity contribution is 7.89. The molecule has 3 aromatic rings. The highest BCUT2D eigenvalue weighted by atomic mass is 32.2. The lowest BCUT2D eigenvalue weighted by molar-refractivity contribution is 0.0494. The number of carbonyl (C=O) groups is 2. The smallest absolute Gasteiger partial charge is 0.408 e. The summed E-state index contributed by atoms with van der Waals surface area (Å²) >= 11 is 0. The van der Waals surface area contributed by atoms with Crippen molar-refractivity contribution >= 4 is 27.7 Å². The first-order chi connectivity index (χ1) is 17.0. The van der Waals surface area contributed by atoms with Crippen molar-refractivity contribution in [3.8, 4) is 0 Å². The van der Waals surface area contributed by atoms with Gasteiger partial charge in [-0.3, -0.25) is 4.79 Å². The third-order valence-corrected chi connectivity index (χ3v) is 8.36. The van der Waals surface area contributed by atoms with Gasteiger partial charge in [-0.05, 0) is 62.9 Å². The third kappa shape index (κ3) is 4.80. The first kappa shape index (κ1) is 24.3. The second-order valence-electron chi connectivity index (χ2n) is 10.4. The van der Waals surface area contributed by atoms with Gasteiger partial charge in [0.1, 0.15) is 11.2 Å². The molecule has 3 heterocycles. The maximum absolute atomic E-state index is 13.2. The van der Waals surface area contributed by atoms with E-state index in [1.54, 1.807) is 80.2 Å². The van der Waals surface area contributed by atoms with Gasteiger partial charge in [0.05, 0.1) is 16.0 Å². The summed E-state index contributed by atoms with van der Waals surface area (Å²) in [4.78, 5) is 29.1. The average Bonchev–Trinajstić information content (AvgIpc) is 3.13. The third-order valence-electron chi connectivity index (χ3n) is 6.53. The van der Waals surface area contributed by atoms with Crippen molar-refractivity contribution in [2.45, 2.75) is 49.8 Å². The van der Waals surface area contributed by atoms with Gasteiger partial charge in [-0.2, -0.15) is 4.31 Å². The fourth-order valence-corrected chi connectivity index (χ4v) is 6.14. The number of rotatable bonds is 6. The lowest BCUT2D eigenvalue weighted by Gasteiger charge is -2.24. The van der Waals surface area contributed by atoms with E-state index in [2.05, 4.69) is 15.6 Å². The van der Waals surface area contributed by atoms with Crippen LogP contribution >= 0.6 is 0 Å². The van der Waals surface area contributed by atoms with Crippen LogP contribution in [-0.4, -0.2) is 58.3 Å². The molecule has 0 bridgehead atoms. The van der Waals surface area contributed by atoms with Crippen molar-refractivity contribution in [1.82, 2.24) is 24.3 Å². The number of aromatic nitrogens is 2. The molecule has 1 saturated carbocycles. The Morgan fingerprint density at radius 2 is 1.92 bits per heavy atom. The summed E-state index contributed by atoms with van der Waals surface area (Å²) in [5, 5.41) is 5.74. The minimum atomic E-state index is -3.71. The standard InChI is InChI=1S/C25H29N5O5S/c1-24(2,3)35-23(32)28-25-12-19(25)15-30(16-25)36(33,34)20-7-4-17(5-8-20)13-27-22(31)18-6-9-21-26-10-11-29(21)14-18/h4-11,14,19H,12-13,15-16H2,1-3H3,(H,27,31)(H,28,32)/t19-,25-/m1/s1. The molecule has 1 aliphatic heterocycles. The van der Waals surface area contributed by atoms with Gasteiger partial charge in [0.15, 0.2) is 0 Å². The quantitative estimate of drug-likeness (QED) is 0.525. The molecule has 2 N–H and O–H groups in total. The highest BCUT2D eigenvalue weighted by Gasteiger charge is 2.63. The zero-order valence-electron chi connectivity index (χ0n) is 20.4. The SMILES string of the molecule is CC(C)(C)OC(=O)N[C@@]12C[C@@H]1CN(S(=O)(=O)c1ccc(CNC(=O)c3ccc4nccn4c3)cc1)C2. The lowest BCUT2D eigenvalue weighted by Crippen LogP contribution is -2.45. The minimum Gasteiger partial charge on any atom is -0.444 e. The molecule has 5 rings (SSSR count). The number of piperidine rings is 1. The number of benzene rings is 1. The van der Waals surface area contributed by atoms with Gasteiger partial charge in [0.2, 0.25) is 10.0 Å². The van der Waals surface area contributed by atoms with E-state index in [-0.39, 0.29) is 29.8 Å². The Hall–Kier alpha value is -3.44. The van der Waals surface area contributed by atoms with Crippen molar-refractivity contribution in [2.75, 3.05) is 13.1 Å². The minimum absolute atomic E-state index is 0.0795.